The van der Waals surface area contributed by atoms with E-state index < -0.39 is 5.97 Å². The second kappa shape index (κ2) is 36.6. The highest BCUT2D eigenvalue weighted by molar-refractivity contribution is 5.69. The van der Waals surface area contributed by atoms with Gasteiger partial charge in [0.15, 0.2) is 0 Å². The highest BCUT2D eigenvalue weighted by Gasteiger charge is 2.11. The summed E-state index contributed by atoms with van der Waals surface area (Å²) < 4.78 is 5.84. The number of ether oxygens (including phenoxy) is 1. The van der Waals surface area contributed by atoms with E-state index >= 15 is 0 Å². The Morgan fingerprint density at radius 1 is 0.511 bits per heavy atom. The van der Waals surface area contributed by atoms with Crippen LogP contribution in [0, 0.1) is 0 Å². The molecule has 0 rings (SSSR count). The van der Waals surface area contributed by atoms with Gasteiger partial charge < -0.3 is 9.84 Å². The van der Waals surface area contributed by atoms with E-state index in [1.165, 1.54) is 122 Å². The normalized spacial score (nSPS) is 12.6. The SMILES string of the molecule is CCCC/C=C\C/C=C\C(CCCCCCC(=O)O)OC(=O)CCCCCCCCCCC/C=C\CCCCCCCCCC. The van der Waals surface area contributed by atoms with E-state index in [-0.39, 0.29) is 18.5 Å². The Hall–Kier alpha value is -1.84. The third kappa shape index (κ3) is 36.5. The van der Waals surface area contributed by atoms with Crippen molar-refractivity contribution in [3.8, 4) is 0 Å². The molecule has 1 unspecified atom stereocenters. The maximum Gasteiger partial charge on any atom is 0.306 e. The molecule has 4 heteroatoms. The van der Waals surface area contributed by atoms with Gasteiger partial charge in [-0.3, -0.25) is 9.59 Å². The molecule has 1 atom stereocenters. The number of carboxylic acid groups (broad SMARTS) is 1. The molecule has 0 heterocycles. The molecule has 1 N–H and O–H groups in total. The van der Waals surface area contributed by atoms with Gasteiger partial charge in [-0.25, -0.2) is 0 Å². The smallest absolute Gasteiger partial charge is 0.306 e. The molecule has 0 aromatic carbocycles. The van der Waals surface area contributed by atoms with Crippen LogP contribution in [0.1, 0.15) is 206 Å². The van der Waals surface area contributed by atoms with Gasteiger partial charge in [-0.2, -0.15) is 0 Å². The largest absolute Gasteiger partial charge is 0.481 e. The summed E-state index contributed by atoms with van der Waals surface area (Å²) in [4.78, 5) is 23.2. The minimum Gasteiger partial charge on any atom is -0.481 e. The lowest BCUT2D eigenvalue weighted by molar-refractivity contribution is -0.147. The van der Waals surface area contributed by atoms with Crippen LogP contribution in [0.3, 0.4) is 0 Å². The second-order valence-corrected chi connectivity index (χ2v) is 13.1. The Morgan fingerprint density at radius 2 is 0.956 bits per heavy atom. The third-order valence-corrected chi connectivity index (χ3v) is 8.57. The summed E-state index contributed by atoms with van der Waals surface area (Å²) in [6.45, 7) is 4.49. The summed E-state index contributed by atoms with van der Waals surface area (Å²) >= 11 is 0. The Balaban J connectivity index is 3.84. The fourth-order valence-electron chi connectivity index (χ4n) is 5.64. The zero-order valence-corrected chi connectivity index (χ0v) is 29.9. The van der Waals surface area contributed by atoms with Crippen LogP contribution in [0.4, 0.5) is 0 Å². The van der Waals surface area contributed by atoms with Gasteiger partial charge in [0.25, 0.3) is 0 Å². The molecule has 0 radical (unpaired) electrons. The number of carbonyl (C=O) groups excluding carboxylic acids is 1. The van der Waals surface area contributed by atoms with Gasteiger partial charge in [-0.1, -0.05) is 160 Å². The van der Waals surface area contributed by atoms with E-state index in [1.54, 1.807) is 0 Å². The van der Waals surface area contributed by atoms with Crippen LogP contribution in [0.25, 0.3) is 0 Å². The first kappa shape index (κ1) is 43.2. The third-order valence-electron chi connectivity index (χ3n) is 8.57. The average molecular weight is 631 g/mol. The van der Waals surface area contributed by atoms with E-state index in [0.717, 1.165) is 57.8 Å². The molecule has 45 heavy (non-hydrogen) atoms. The Bertz CT molecular complexity index is 723. The molecule has 0 amide bonds. The maximum absolute atomic E-state index is 12.5. The number of hydrogen-bond donors (Lipinski definition) is 1. The van der Waals surface area contributed by atoms with Gasteiger partial charge in [-0.15, -0.1) is 0 Å². The van der Waals surface area contributed by atoms with E-state index in [2.05, 4.69) is 44.2 Å². The molecule has 0 saturated carbocycles. The van der Waals surface area contributed by atoms with E-state index in [4.69, 9.17) is 9.84 Å². The van der Waals surface area contributed by atoms with E-state index in [9.17, 15) is 9.59 Å². The van der Waals surface area contributed by atoms with Gasteiger partial charge in [0, 0.05) is 12.8 Å². The van der Waals surface area contributed by atoms with Gasteiger partial charge in [0.2, 0.25) is 0 Å². The van der Waals surface area contributed by atoms with Crippen LogP contribution in [0.15, 0.2) is 36.5 Å². The number of carbonyl (C=O) groups is 2. The predicted octanol–water partition coefficient (Wildman–Crippen LogP) is 13.4. The maximum atomic E-state index is 12.5. The summed E-state index contributed by atoms with van der Waals surface area (Å²) in [5.41, 5.74) is 0. The van der Waals surface area contributed by atoms with Crippen molar-refractivity contribution in [2.24, 2.45) is 0 Å². The van der Waals surface area contributed by atoms with Crippen molar-refractivity contribution < 1.29 is 19.4 Å². The molecule has 0 aliphatic carbocycles. The fraction of sp³-hybridized carbons (Fsp3) is 0.805. The molecule has 4 nitrogen and oxygen atoms in total. The zero-order chi connectivity index (χ0) is 32.9. The summed E-state index contributed by atoms with van der Waals surface area (Å²) in [5.74, 6) is -0.810. The Morgan fingerprint density at radius 3 is 1.51 bits per heavy atom. The van der Waals surface area contributed by atoms with E-state index in [1.807, 2.05) is 6.08 Å². The van der Waals surface area contributed by atoms with Crippen molar-refractivity contribution >= 4 is 11.9 Å². The molecular formula is C41H74O4. The Labute approximate surface area is 279 Å². The number of rotatable bonds is 35. The molecular weight excluding hydrogens is 556 g/mol. The van der Waals surface area contributed by atoms with Crippen molar-refractivity contribution in [3.05, 3.63) is 36.5 Å². The summed E-state index contributed by atoms with van der Waals surface area (Å²) in [5, 5.41) is 8.80. The molecule has 262 valence electrons. The number of aliphatic carboxylic acids is 1. The van der Waals surface area contributed by atoms with Crippen molar-refractivity contribution in [3.63, 3.8) is 0 Å². The first-order valence-corrected chi connectivity index (χ1v) is 19.5. The van der Waals surface area contributed by atoms with Gasteiger partial charge in [0.1, 0.15) is 6.10 Å². The molecule has 0 aromatic rings. The summed E-state index contributed by atoms with van der Waals surface area (Å²) in [6.07, 6.45) is 47.6. The molecule has 0 aliphatic heterocycles. The van der Waals surface area contributed by atoms with Crippen LogP contribution < -0.4 is 0 Å². The highest BCUT2D eigenvalue weighted by Crippen LogP contribution is 2.15. The standard InChI is InChI=1S/C41H74O4/c1-3-5-7-9-11-12-13-14-15-16-17-18-19-20-21-22-23-24-26-28-34-38-41(44)45-39(35-31-27-25-10-8-6-4-2)36-32-29-30-33-37-40(42)43/h10,16-17,25,31,35,39H,3-9,11-15,18-24,26-30,32-34,36-38H2,1-2H3,(H,42,43)/b17-16-,25-10-,35-31-. The average Bonchev–Trinajstić information content (AvgIpc) is 3.02. The molecule has 0 fully saturated rings. The second-order valence-electron chi connectivity index (χ2n) is 13.1. The topological polar surface area (TPSA) is 63.6 Å². The number of esters is 1. The van der Waals surface area contributed by atoms with Crippen LogP contribution >= 0.6 is 0 Å². The van der Waals surface area contributed by atoms with Crippen molar-refractivity contribution in [2.45, 2.75) is 213 Å². The fourth-order valence-corrected chi connectivity index (χ4v) is 5.64. The lowest BCUT2D eigenvalue weighted by Crippen LogP contribution is -2.16. The number of allylic oxidation sites excluding steroid dienone is 5. The van der Waals surface area contributed by atoms with Crippen molar-refractivity contribution in [2.75, 3.05) is 0 Å². The molecule has 0 bridgehead atoms. The number of unbranched alkanes of at least 4 members (excludes halogenated alkanes) is 22. The first-order chi connectivity index (χ1) is 22.1. The van der Waals surface area contributed by atoms with Crippen LogP contribution in [-0.2, 0) is 14.3 Å². The minimum absolute atomic E-state index is 0.0825. The number of carboxylic acids is 1. The lowest BCUT2D eigenvalue weighted by Gasteiger charge is -2.14. The lowest BCUT2D eigenvalue weighted by atomic mass is 10.1. The van der Waals surface area contributed by atoms with Crippen LogP contribution in [-0.4, -0.2) is 23.1 Å². The predicted molar refractivity (Wildman–Crippen MR) is 195 cm³/mol. The van der Waals surface area contributed by atoms with Crippen LogP contribution in [0.2, 0.25) is 0 Å². The van der Waals surface area contributed by atoms with Crippen molar-refractivity contribution in [1.29, 1.82) is 0 Å². The summed E-state index contributed by atoms with van der Waals surface area (Å²) in [6, 6.07) is 0. The van der Waals surface area contributed by atoms with Gasteiger partial charge >= 0.3 is 11.9 Å². The van der Waals surface area contributed by atoms with E-state index in [0.29, 0.717) is 6.42 Å². The number of hydrogen-bond acceptors (Lipinski definition) is 3. The van der Waals surface area contributed by atoms with Crippen molar-refractivity contribution in [1.82, 2.24) is 0 Å². The quantitative estimate of drug-likeness (QED) is 0.0430. The first-order valence-electron chi connectivity index (χ1n) is 19.5. The molecule has 0 aromatic heterocycles. The van der Waals surface area contributed by atoms with Gasteiger partial charge in [0.05, 0.1) is 0 Å². The monoisotopic (exact) mass is 631 g/mol. The molecule has 0 aliphatic rings. The highest BCUT2D eigenvalue weighted by atomic mass is 16.5. The summed E-state index contributed by atoms with van der Waals surface area (Å²) in [7, 11) is 0. The molecule has 0 spiro atoms. The molecule has 0 saturated heterocycles. The van der Waals surface area contributed by atoms with Gasteiger partial charge in [-0.05, 0) is 70.3 Å². The Kier molecular flexibility index (Phi) is 35.1. The zero-order valence-electron chi connectivity index (χ0n) is 29.9. The minimum atomic E-state index is -0.727. The van der Waals surface area contributed by atoms with Crippen LogP contribution in [0.5, 0.6) is 0 Å².